The third-order valence-corrected chi connectivity index (χ3v) is 0.887. The van der Waals surface area contributed by atoms with Gasteiger partial charge in [-0.25, -0.2) is 0 Å². The molecular formula is C4H8N9O3-. The fourth-order valence-corrected chi connectivity index (χ4v) is 0.563. The van der Waals surface area contributed by atoms with Gasteiger partial charge in [-0.05, 0) is 0 Å². The van der Waals surface area contributed by atoms with E-state index >= 15 is 0 Å². The number of hydrogen-bond donors (Lipinski definition) is 4. The second kappa shape index (κ2) is 5.74. The van der Waals surface area contributed by atoms with Crippen LogP contribution in [0.3, 0.4) is 0 Å². The zero-order valence-corrected chi connectivity index (χ0v) is 7.77. The van der Waals surface area contributed by atoms with Crippen molar-refractivity contribution in [1.82, 2.24) is 15.0 Å². The van der Waals surface area contributed by atoms with Gasteiger partial charge in [0.15, 0.2) is 5.96 Å². The van der Waals surface area contributed by atoms with Crippen molar-refractivity contribution in [1.29, 1.82) is 0 Å². The summed E-state index contributed by atoms with van der Waals surface area (Å²) in [5.74, 6) is -0.218. The monoisotopic (exact) mass is 230 g/mol. The number of anilines is 2. The lowest BCUT2D eigenvalue weighted by molar-refractivity contribution is -0.402. The van der Waals surface area contributed by atoms with E-state index in [9.17, 15) is 0 Å². The summed E-state index contributed by atoms with van der Waals surface area (Å²) < 4.78 is 0. The maximum Gasteiger partial charge on any atom is 0.259 e. The highest BCUT2D eigenvalue weighted by Gasteiger charge is 1.99. The lowest BCUT2D eigenvalue weighted by atomic mass is 10.8. The van der Waals surface area contributed by atoms with Crippen LogP contribution in [-0.4, -0.2) is 26.0 Å². The fraction of sp³-hybridized carbons (Fsp3) is 0. The van der Waals surface area contributed by atoms with Crippen molar-refractivity contribution >= 4 is 23.8 Å². The van der Waals surface area contributed by atoms with E-state index in [4.69, 9.17) is 38.3 Å². The van der Waals surface area contributed by atoms with Crippen LogP contribution in [0.1, 0.15) is 0 Å². The molecule has 0 aliphatic heterocycles. The Morgan fingerprint density at radius 2 is 1.50 bits per heavy atom. The van der Waals surface area contributed by atoms with Crippen molar-refractivity contribution in [2.24, 2.45) is 16.5 Å². The van der Waals surface area contributed by atoms with Gasteiger partial charge in [-0.2, -0.15) is 19.9 Å². The SMILES string of the molecule is NC(N)=Nc1nc(N)nc(N)n1.O=[N+]([O-])[O-]. The van der Waals surface area contributed by atoms with Gasteiger partial charge in [0, 0.05) is 0 Å². The second-order valence-corrected chi connectivity index (χ2v) is 2.11. The van der Waals surface area contributed by atoms with Crippen molar-refractivity contribution in [2.75, 3.05) is 11.5 Å². The van der Waals surface area contributed by atoms with Gasteiger partial charge >= 0.3 is 0 Å². The summed E-state index contributed by atoms with van der Waals surface area (Å²) >= 11 is 0. The van der Waals surface area contributed by atoms with Gasteiger partial charge in [-0.1, -0.05) is 0 Å². The molecule has 0 fully saturated rings. The van der Waals surface area contributed by atoms with Crippen molar-refractivity contribution in [3.05, 3.63) is 15.3 Å². The smallest absolute Gasteiger partial charge is 0.259 e. The van der Waals surface area contributed by atoms with E-state index in [1.54, 1.807) is 0 Å². The molecule has 0 saturated carbocycles. The Balaban J connectivity index is 0.000000487. The van der Waals surface area contributed by atoms with E-state index in [1.807, 2.05) is 0 Å². The maximum atomic E-state index is 8.25. The highest BCUT2D eigenvalue weighted by molar-refractivity contribution is 5.78. The molecule has 16 heavy (non-hydrogen) atoms. The topological polar surface area (TPSA) is 221 Å². The first-order chi connectivity index (χ1) is 7.31. The highest BCUT2D eigenvalue weighted by Crippen LogP contribution is 2.05. The summed E-state index contributed by atoms with van der Waals surface area (Å²) in [5.41, 5.74) is 20.6. The number of hydrogen-bond acceptors (Lipinski definition) is 9. The third kappa shape index (κ3) is 6.58. The molecule has 1 rings (SSSR count). The van der Waals surface area contributed by atoms with Gasteiger partial charge in [-0.3, -0.25) is 0 Å². The Hall–Kier alpha value is -2.92. The molecule has 0 amide bonds. The zero-order valence-electron chi connectivity index (χ0n) is 7.77. The predicted octanol–water partition coefficient (Wildman–Crippen LogP) is -2.30. The van der Waals surface area contributed by atoms with E-state index < -0.39 is 5.09 Å². The van der Waals surface area contributed by atoms with E-state index in [-0.39, 0.29) is 23.8 Å². The summed E-state index contributed by atoms with van der Waals surface area (Å²) in [6.07, 6.45) is 0. The average Bonchev–Trinajstić information content (AvgIpc) is 1.97. The number of aliphatic imine (C=N–C) groups is 1. The first kappa shape index (κ1) is 13.1. The molecule has 12 heteroatoms. The minimum absolute atomic E-state index is 0.000000000000000444. The van der Waals surface area contributed by atoms with Gasteiger partial charge in [0.25, 0.3) is 5.95 Å². The first-order valence-corrected chi connectivity index (χ1v) is 3.49. The fourth-order valence-electron chi connectivity index (χ4n) is 0.563. The Kier molecular flexibility index (Phi) is 4.69. The molecular weight excluding hydrogens is 222 g/mol. The average molecular weight is 230 g/mol. The molecule has 0 aliphatic carbocycles. The largest absolute Gasteiger partial charge is 0.370 e. The molecule has 1 aromatic rings. The number of aromatic nitrogens is 3. The van der Waals surface area contributed by atoms with Crippen molar-refractivity contribution < 1.29 is 5.09 Å². The first-order valence-electron chi connectivity index (χ1n) is 3.49. The quantitative estimate of drug-likeness (QED) is 0.174. The molecule has 12 nitrogen and oxygen atoms in total. The van der Waals surface area contributed by atoms with Crippen molar-refractivity contribution in [3.8, 4) is 0 Å². The number of nitrogens with zero attached hydrogens (tertiary/aromatic N) is 5. The Morgan fingerprint density at radius 1 is 1.12 bits per heavy atom. The minimum Gasteiger partial charge on any atom is -0.370 e. The number of guanidine groups is 1. The summed E-state index contributed by atoms with van der Waals surface area (Å²) in [5, 5.41) is 14.8. The summed E-state index contributed by atoms with van der Waals surface area (Å²) in [4.78, 5) is 22.5. The molecule has 88 valence electrons. The number of nitrogens with two attached hydrogens (primary N) is 4. The number of nitrogen functional groups attached to an aromatic ring is 2. The Morgan fingerprint density at radius 3 is 1.81 bits per heavy atom. The van der Waals surface area contributed by atoms with E-state index in [2.05, 4.69) is 19.9 Å². The summed E-state index contributed by atoms with van der Waals surface area (Å²) in [6, 6.07) is 0. The van der Waals surface area contributed by atoms with Crippen LogP contribution in [0.25, 0.3) is 0 Å². The molecule has 0 spiro atoms. The van der Waals surface area contributed by atoms with E-state index in [0.29, 0.717) is 0 Å². The molecule has 1 heterocycles. The second-order valence-electron chi connectivity index (χ2n) is 2.11. The molecule has 0 aromatic carbocycles. The molecule has 0 unspecified atom stereocenters. The van der Waals surface area contributed by atoms with E-state index in [1.165, 1.54) is 0 Å². The number of rotatable bonds is 1. The van der Waals surface area contributed by atoms with Crippen LogP contribution in [0, 0.1) is 15.3 Å². The van der Waals surface area contributed by atoms with Crippen molar-refractivity contribution in [3.63, 3.8) is 0 Å². The standard InChI is InChI=1S/C4H8N8.NO3/c5-1(6)9-4-11-2(7)10-3(8)12-4;2-1(3)4/h(H8,5,6,7,8,9,10,11,12);/q;-1. The molecule has 0 saturated heterocycles. The predicted molar refractivity (Wildman–Crippen MR) is 54.5 cm³/mol. The molecule has 0 radical (unpaired) electrons. The van der Waals surface area contributed by atoms with Gasteiger partial charge in [0.2, 0.25) is 11.9 Å². The summed E-state index contributed by atoms with van der Waals surface area (Å²) in [7, 11) is 0. The van der Waals surface area contributed by atoms with Crippen LogP contribution >= 0.6 is 0 Å². The molecule has 0 atom stereocenters. The molecule has 8 N–H and O–H groups in total. The molecule has 0 aliphatic rings. The normalized spacial score (nSPS) is 8.50. The van der Waals surface area contributed by atoms with Crippen LogP contribution in [0.15, 0.2) is 4.99 Å². The van der Waals surface area contributed by atoms with Crippen molar-refractivity contribution in [2.45, 2.75) is 0 Å². The van der Waals surface area contributed by atoms with Gasteiger partial charge in [-0.15, -0.1) is 0 Å². The zero-order chi connectivity index (χ0) is 12.7. The van der Waals surface area contributed by atoms with Crippen LogP contribution in [0.2, 0.25) is 0 Å². The van der Waals surface area contributed by atoms with Crippen LogP contribution in [-0.2, 0) is 0 Å². The minimum atomic E-state index is -1.75. The lowest BCUT2D eigenvalue weighted by Crippen LogP contribution is -2.22. The molecule has 1 aromatic heterocycles. The maximum absolute atomic E-state index is 8.25. The van der Waals surface area contributed by atoms with Gasteiger partial charge in [0.05, 0.1) is 5.09 Å². The van der Waals surface area contributed by atoms with Gasteiger partial charge in [0.1, 0.15) is 0 Å². The third-order valence-electron chi connectivity index (χ3n) is 0.887. The van der Waals surface area contributed by atoms with Crippen LogP contribution in [0.5, 0.6) is 0 Å². The van der Waals surface area contributed by atoms with Gasteiger partial charge < -0.3 is 38.3 Å². The Labute approximate surface area is 88.1 Å². The van der Waals surface area contributed by atoms with E-state index in [0.717, 1.165) is 0 Å². The highest BCUT2D eigenvalue weighted by atomic mass is 16.9. The lowest BCUT2D eigenvalue weighted by Gasteiger charge is -1.96. The summed E-state index contributed by atoms with van der Waals surface area (Å²) in [6.45, 7) is 0. The Bertz CT molecular complexity index is 375. The van der Waals surface area contributed by atoms with Crippen LogP contribution < -0.4 is 22.9 Å². The molecule has 0 bridgehead atoms. The van der Waals surface area contributed by atoms with Crippen LogP contribution in [0.4, 0.5) is 17.8 Å².